The minimum absolute atomic E-state index is 0.0433. The van der Waals surface area contributed by atoms with Gasteiger partial charge in [0, 0.05) is 13.5 Å². The van der Waals surface area contributed by atoms with Gasteiger partial charge in [0.1, 0.15) is 5.82 Å². The molecule has 2 aromatic carbocycles. The molecule has 0 aliphatic carbocycles. The maximum absolute atomic E-state index is 13.4. The van der Waals surface area contributed by atoms with Crippen LogP contribution in [0.15, 0.2) is 41.3 Å². The molecule has 0 saturated carbocycles. The number of carbonyl (C=O) groups excluding carboxylic acids is 1. The maximum Gasteiger partial charge on any atom is 0.416 e. The van der Waals surface area contributed by atoms with E-state index in [1.165, 1.54) is 13.0 Å². The van der Waals surface area contributed by atoms with Crippen molar-refractivity contribution < 1.29 is 30.8 Å². The lowest BCUT2D eigenvalue weighted by atomic mass is 10.1. The second-order valence-corrected chi connectivity index (χ2v) is 7.67. The molecular weight excluding hydrogens is 412 g/mol. The molecule has 0 aliphatic rings. The van der Waals surface area contributed by atoms with Crippen LogP contribution in [0.3, 0.4) is 0 Å². The molecular formula is C16H13ClF4N2O3S. The third-order valence-electron chi connectivity index (χ3n) is 3.31. The second-order valence-electron chi connectivity index (χ2n) is 5.49. The molecule has 2 rings (SSSR count). The summed E-state index contributed by atoms with van der Waals surface area (Å²) in [7, 11) is -4.14. The van der Waals surface area contributed by atoms with Crippen LogP contribution in [-0.2, 0) is 27.5 Å². The number of hydrogen-bond donors (Lipinski definition) is 2. The van der Waals surface area contributed by atoms with Crippen LogP contribution < -0.4 is 10.0 Å². The average molecular weight is 425 g/mol. The lowest BCUT2D eigenvalue weighted by molar-refractivity contribution is -0.137. The zero-order valence-electron chi connectivity index (χ0n) is 13.7. The Hall–Kier alpha value is -2.17. The van der Waals surface area contributed by atoms with Gasteiger partial charge in [-0.15, -0.1) is 0 Å². The van der Waals surface area contributed by atoms with Crippen molar-refractivity contribution in [2.75, 3.05) is 5.32 Å². The van der Waals surface area contributed by atoms with E-state index in [1.807, 2.05) is 0 Å². The highest BCUT2D eigenvalue weighted by Gasteiger charge is 2.31. The van der Waals surface area contributed by atoms with Gasteiger partial charge in [-0.1, -0.05) is 11.6 Å². The summed E-state index contributed by atoms with van der Waals surface area (Å²) in [4.78, 5) is 10.8. The number of hydrogen-bond acceptors (Lipinski definition) is 3. The summed E-state index contributed by atoms with van der Waals surface area (Å²) in [6.07, 6.45) is -4.76. The number of rotatable bonds is 5. The zero-order chi connectivity index (χ0) is 20.4. The quantitative estimate of drug-likeness (QED) is 0.714. The van der Waals surface area contributed by atoms with Crippen LogP contribution in [0.4, 0.5) is 23.2 Å². The number of anilines is 1. The number of nitrogens with one attached hydrogen (secondary N) is 2. The first kappa shape index (κ1) is 21.1. The third-order valence-corrected chi connectivity index (χ3v) is 5.02. The molecule has 11 heteroatoms. The van der Waals surface area contributed by atoms with Gasteiger partial charge in [0.2, 0.25) is 15.9 Å². The van der Waals surface area contributed by atoms with E-state index in [-0.39, 0.29) is 21.2 Å². The number of alkyl halides is 3. The van der Waals surface area contributed by atoms with Gasteiger partial charge in [0.05, 0.1) is 21.2 Å². The Bertz CT molecular complexity index is 978. The summed E-state index contributed by atoms with van der Waals surface area (Å²) in [5, 5.41) is 2.36. The van der Waals surface area contributed by atoms with Crippen LogP contribution in [0.5, 0.6) is 0 Å². The summed E-state index contributed by atoms with van der Waals surface area (Å²) in [6.45, 7) is 0.685. The molecule has 0 bridgehead atoms. The van der Waals surface area contributed by atoms with Gasteiger partial charge in [-0.25, -0.2) is 17.5 Å². The molecule has 146 valence electrons. The predicted octanol–water partition coefficient (Wildman–Crippen LogP) is 3.93. The summed E-state index contributed by atoms with van der Waals surface area (Å²) in [5.74, 6) is -1.54. The topological polar surface area (TPSA) is 75.3 Å². The highest BCUT2D eigenvalue weighted by Crippen LogP contribution is 2.30. The summed E-state index contributed by atoms with van der Waals surface area (Å²) >= 11 is 5.91. The molecule has 0 unspecified atom stereocenters. The molecule has 2 N–H and O–H groups in total. The molecule has 1 amide bonds. The van der Waals surface area contributed by atoms with Gasteiger partial charge in [-0.2, -0.15) is 13.2 Å². The van der Waals surface area contributed by atoms with Crippen LogP contribution in [0.1, 0.15) is 18.1 Å². The van der Waals surface area contributed by atoms with Crippen molar-refractivity contribution in [3.8, 4) is 0 Å². The first-order valence-electron chi connectivity index (χ1n) is 7.32. The van der Waals surface area contributed by atoms with Crippen molar-refractivity contribution in [2.45, 2.75) is 24.5 Å². The van der Waals surface area contributed by atoms with E-state index in [0.717, 1.165) is 18.2 Å². The van der Waals surface area contributed by atoms with Crippen LogP contribution in [-0.4, -0.2) is 14.3 Å². The summed E-state index contributed by atoms with van der Waals surface area (Å²) in [6, 6.07) is 5.26. The van der Waals surface area contributed by atoms with Gasteiger partial charge < -0.3 is 5.32 Å². The summed E-state index contributed by atoms with van der Waals surface area (Å²) < 4.78 is 78.1. The van der Waals surface area contributed by atoms with E-state index < -0.39 is 40.0 Å². The molecule has 0 fully saturated rings. The fourth-order valence-corrected chi connectivity index (χ4v) is 3.47. The molecule has 0 saturated heterocycles. The summed E-state index contributed by atoms with van der Waals surface area (Å²) in [5.41, 5.74) is -1.23. The highest BCUT2D eigenvalue weighted by molar-refractivity contribution is 7.89. The lowest BCUT2D eigenvalue weighted by Crippen LogP contribution is -2.23. The Kier molecular flexibility index (Phi) is 6.13. The molecule has 0 radical (unpaired) electrons. The van der Waals surface area contributed by atoms with Gasteiger partial charge in [-0.3, -0.25) is 4.79 Å². The van der Waals surface area contributed by atoms with Gasteiger partial charge in [-0.05, 0) is 42.0 Å². The SMILES string of the molecule is CC(=O)Nc1ccc(S(=O)(=O)NCc2cc(F)cc(C(F)(F)F)c2)cc1Cl. The fraction of sp³-hybridized carbons (Fsp3) is 0.188. The van der Waals surface area contributed by atoms with Crippen molar-refractivity contribution in [1.82, 2.24) is 4.72 Å². The van der Waals surface area contributed by atoms with E-state index in [4.69, 9.17) is 11.6 Å². The van der Waals surface area contributed by atoms with Crippen molar-refractivity contribution in [3.63, 3.8) is 0 Å². The highest BCUT2D eigenvalue weighted by atomic mass is 35.5. The Morgan fingerprint density at radius 1 is 1.15 bits per heavy atom. The van der Waals surface area contributed by atoms with Crippen molar-refractivity contribution in [3.05, 3.63) is 58.4 Å². The Morgan fingerprint density at radius 2 is 1.81 bits per heavy atom. The number of halogens is 5. The second kappa shape index (κ2) is 7.83. The number of benzene rings is 2. The van der Waals surface area contributed by atoms with E-state index in [1.54, 1.807) is 0 Å². The van der Waals surface area contributed by atoms with E-state index in [9.17, 15) is 30.8 Å². The maximum atomic E-state index is 13.4. The molecule has 27 heavy (non-hydrogen) atoms. The minimum atomic E-state index is -4.76. The van der Waals surface area contributed by atoms with Crippen LogP contribution in [0, 0.1) is 5.82 Å². The standard InChI is InChI=1S/C16H13ClF4N2O3S/c1-9(24)23-15-3-2-13(7-14(15)17)27(25,26)22-8-10-4-11(16(19,20)21)6-12(18)5-10/h2-7,22H,8H2,1H3,(H,23,24). The largest absolute Gasteiger partial charge is 0.416 e. The van der Waals surface area contributed by atoms with Crippen LogP contribution in [0.2, 0.25) is 5.02 Å². The fourth-order valence-electron chi connectivity index (χ4n) is 2.13. The zero-order valence-corrected chi connectivity index (χ0v) is 15.3. The van der Waals surface area contributed by atoms with E-state index in [0.29, 0.717) is 12.1 Å². The van der Waals surface area contributed by atoms with Crippen molar-refractivity contribution in [1.29, 1.82) is 0 Å². The molecule has 0 aromatic heterocycles. The van der Waals surface area contributed by atoms with Crippen LogP contribution >= 0.6 is 11.6 Å². The Morgan fingerprint density at radius 3 is 2.37 bits per heavy atom. The molecule has 0 spiro atoms. The van der Waals surface area contributed by atoms with Crippen molar-refractivity contribution in [2.24, 2.45) is 0 Å². The molecule has 5 nitrogen and oxygen atoms in total. The molecule has 0 atom stereocenters. The minimum Gasteiger partial charge on any atom is -0.325 e. The van der Waals surface area contributed by atoms with Gasteiger partial charge in [0.25, 0.3) is 0 Å². The molecule has 0 heterocycles. The number of amides is 1. The van der Waals surface area contributed by atoms with Gasteiger partial charge in [0.15, 0.2) is 0 Å². The first-order valence-corrected chi connectivity index (χ1v) is 9.18. The average Bonchev–Trinajstić information content (AvgIpc) is 2.53. The van der Waals surface area contributed by atoms with Crippen LogP contribution in [0.25, 0.3) is 0 Å². The lowest BCUT2D eigenvalue weighted by Gasteiger charge is -2.12. The van der Waals surface area contributed by atoms with E-state index in [2.05, 4.69) is 10.0 Å². The number of carbonyl (C=O) groups is 1. The third kappa shape index (κ3) is 5.65. The Balaban J connectivity index is 2.21. The molecule has 2 aromatic rings. The van der Waals surface area contributed by atoms with Gasteiger partial charge >= 0.3 is 6.18 Å². The van der Waals surface area contributed by atoms with Crippen molar-refractivity contribution >= 4 is 33.2 Å². The number of sulfonamides is 1. The van der Waals surface area contributed by atoms with E-state index >= 15 is 0 Å². The predicted molar refractivity (Wildman–Crippen MR) is 91.2 cm³/mol. The molecule has 0 aliphatic heterocycles. The normalized spacial score (nSPS) is 12.1. The monoisotopic (exact) mass is 424 g/mol. The first-order chi connectivity index (χ1) is 12.4. The smallest absolute Gasteiger partial charge is 0.325 e. The Labute approximate surface area is 157 Å².